The zero-order valence-corrected chi connectivity index (χ0v) is 14.0. The Labute approximate surface area is 136 Å². The minimum Gasteiger partial charge on any atom is -0.378 e. The van der Waals surface area contributed by atoms with Gasteiger partial charge in [-0.2, -0.15) is 0 Å². The van der Waals surface area contributed by atoms with Gasteiger partial charge in [-0.3, -0.25) is 9.78 Å². The summed E-state index contributed by atoms with van der Waals surface area (Å²) in [5.41, 5.74) is 3.59. The number of pyridine rings is 1. The number of aryl methyl sites for hydroxylation is 2. The van der Waals surface area contributed by atoms with Gasteiger partial charge in [-0.25, -0.2) is 0 Å². The molecule has 2 aromatic heterocycles. The van der Waals surface area contributed by atoms with E-state index in [1.807, 2.05) is 25.9 Å². The number of carbonyl (C=O) groups is 1. The number of rotatable bonds is 3. The lowest BCUT2D eigenvalue weighted by atomic mass is 10.0. The zero-order valence-electron chi connectivity index (χ0n) is 14.0. The third-order valence-electron chi connectivity index (χ3n) is 4.22. The van der Waals surface area contributed by atoms with Crippen LogP contribution in [-0.4, -0.2) is 48.1 Å². The van der Waals surface area contributed by atoms with Crippen LogP contribution in [-0.2, 0) is 0 Å². The van der Waals surface area contributed by atoms with Crippen molar-refractivity contribution in [1.29, 1.82) is 0 Å². The summed E-state index contributed by atoms with van der Waals surface area (Å²) in [6.07, 6.45) is 0.923. The SMILES string of the molecule is Cc1cc(N(C)C)cc([C@@H]2CCN(C(=O)c3cc(C)on3)C2)n1. The van der Waals surface area contributed by atoms with Gasteiger partial charge in [0.05, 0.1) is 0 Å². The first-order valence-corrected chi connectivity index (χ1v) is 7.82. The van der Waals surface area contributed by atoms with Gasteiger partial charge in [-0.05, 0) is 32.4 Å². The van der Waals surface area contributed by atoms with Gasteiger partial charge in [0.15, 0.2) is 5.69 Å². The number of anilines is 1. The zero-order chi connectivity index (χ0) is 16.6. The molecule has 3 rings (SSSR count). The first-order valence-electron chi connectivity index (χ1n) is 7.82. The Balaban J connectivity index is 1.76. The molecule has 1 atom stereocenters. The lowest BCUT2D eigenvalue weighted by Gasteiger charge is -2.18. The smallest absolute Gasteiger partial charge is 0.276 e. The van der Waals surface area contributed by atoms with Crippen molar-refractivity contribution in [2.24, 2.45) is 0 Å². The molecule has 6 nitrogen and oxygen atoms in total. The highest BCUT2D eigenvalue weighted by Crippen LogP contribution is 2.29. The Morgan fingerprint density at radius 3 is 2.74 bits per heavy atom. The summed E-state index contributed by atoms with van der Waals surface area (Å²) in [5, 5.41) is 3.82. The largest absolute Gasteiger partial charge is 0.378 e. The van der Waals surface area contributed by atoms with E-state index in [4.69, 9.17) is 4.52 Å². The highest BCUT2D eigenvalue weighted by molar-refractivity contribution is 5.92. The minimum atomic E-state index is -0.0650. The molecule has 1 saturated heterocycles. The second-order valence-corrected chi connectivity index (χ2v) is 6.35. The van der Waals surface area contributed by atoms with E-state index in [1.54, 1.807) is 13.0 Å². The van der Waals surface area contributed by atoms with Gasteiger partial charge in [0.25, 0.3) is 5.91 Å². The van der Waals surface area contributed by atoms with Crippen molar-refractivity contribution in [3.8, 4) is 0 Å². The van der Waals surface area contributed by atoms with E-state index in [0.29, 0.717) is 18.0 Å². The molecule has 0 radical (unpaired) electrons. The molecule has 1 aliphatic rings. The van der Waals surface area contributed by atoms with Crippen molar-refractivity contribution in [1.82, 2.24) is 15.0 Å². The van der Waals surface area contributed by atoms with E-state index in [0.717, 1.165) is 30.0 Å². The van der Waals surface area contributed by atoms with Gasteiger partial charge < -0.3 is 14.3 Å². The lowest BCUT2D eigenvalue weighted by Crippen LogP contribution is -2.28. The number of hydrogen-bond donors (Lipinski definition) is 0. The predicted molar refractivity (Wildman–Crippen MR) is 87.8 cm³/mol. The van der Waals surface area contributed by atoms with Crippen molar-refractivity contribution in [2.45, 2.75) is 26.2 Å². The maximum Gasteiger partial charge on any atom is 0.276 e. The number of aromatic nitrogens is 2. The molecule has 2 aromatic rings. The summed E-state index contributed by atoms with van der Waals surface area (Å²) in [5.74, 6) is 0.857. The Morgan fingerprint density at radius 1 is 1.30 bits per heavy atom. The molecule has 0 N–H and O–H groups in total. The van der Waals surface area contributed by atoms with Crippen LogP contribution in [0.5, 0.6) is 0 Å². The van der Waals surface area contributed by atoms with E-state index in [9.17, 15) is 4.79 Å². The second-order valence-electron chi connectivity index (χ2n) is 6.35. The van der Waals surface area contributed by atoms with Crippen LogP contribution in [0, 0.1) is 13.8 Å². The summed E-state index contributed by atoms with van der Waals surface area (Å²) >= 11 is 0. The molecule has 0 saturated carbocycles. The van der Waals surface area contributed by atoms with Crippen molar-refractivity contribution >= 4 is 11.6 Å². The Hall–Kier alpha value is -2.37. The predicted octanol–water partition coefficient (Wildman–Crippen LogP) is 2.38. The van der Waals surface area contributed by atoms with Gasteiger partial charge in [0.2, 0.25) is 0 Å². The number of likely N-dealkylation sites (tertiary alicyclic amines) is 1. The van der Waals surface area contributed by atoms with E-state index in [2.05, 4.69) is 27.2 Å². The molecule has 6 heteroatoms. The van der Waals surface area contributed by atoms with E-state index in [-0.39, 0.29) is 11.8 Å². The van der Waals surface area contributed by atoms with Gasteiger partial charge in [-0.1, -0.05) is 5.16 Å². The van der Waals surface area contributed by atoms with Crippen LogP contribution in [0.1, 0.15) is 40.0 Å². The maximum atomic E-state index is 12.5. The van der Waals surface area contributed by atoms with Crippen LogP contribution >= 0.6 is 0 Å². The van der Waals surface area contributed by atoms with Gasteiger partial charge >= 0.3 is 0 Å². The molecule has 0 bridgehead atoms. The van der Waals surface area contributed by atoms with Crippen LogP contribution in [0.3, 0.4) is 0 Å². The second kappa shape index (κ2) is 6.02. The number of amides is 1. The molecule has 1 aliphatic heterocycles. The van der Waals surface area contributed by atoms with Crippen LogP contribution < -0.4 is 4.90 Å². The van der Waals surface area contributed by atoms with E-state index < -0.39 is 0 Å². The molecule has 0 aliphatic carbocycles. The number of hydrogen-bond acceptors (Lipinski definition) is 5. The molecule has 1 amide bonds. The van der Waals surface area contributed by atoms with Crippen LogP contribution in [0.15, 0.2) is 22.7 Å². The van der Waals surface area contributed by atoms with Gasteiger partial charge in [0.1, 0.15) is 5.76 Å². The highest BCUT2D eigenvalue weighted by atomic mass is 16.5. The Morgan fingerprint density at radius 2 is 2.09 bits per heavy atom. The van der Waals surface area contributed by atoms with Crippen molar-refractivity contribution in [3.63, 3.8) is 0 Å². The molecule has 0 aromatic carbocycles. The number of carbonyl (C=O) groups excluding carboxylic acids is 1. The normalized spacial score (nSPS) is 17.6. The summed E-state index contributed by atoms with van der Waals surface area (Å²) in [6, 6.07) is 5.87. The van der Waals surface area contributed by atoms with Crippen molar-refractivity contribution in [2.75, 3.05) is 32.1 Å². The molecule has 122 valence electrons. The molecule has 3 heterocycles. The van der Waals surface area contributed by atoms with Crippen LogP contribution in [0.2, 0.25) is 0 Å². The fraction of sp³-hybridized carbons (Fsp3) is 0.471. The summed E-state index contributed by atoms with van der Waals surface area (Å²) in [7, 11) is 4.05. The molecule has 0 spiro atoms. The fourth-order valence-electron chi connectivity index (χ4n) is 2.96. The Bertz CT molecular complexity index is 723. The monoisotopic (exact) mass is 314 g/mol. The maximum absolute atomic E-state index is 12.5. The minimum absolute atomic E-state index is 0.0650. The molecule has 1 fully saturated rings. The standard InChI is InChI=1S/C17H22N4O2/c1-11-7-14(20(3)4)9-15(18-11)13-5-6-21(10-13)17(22)16-8-12(2)23-19-16/h7-9,13H,5-6,10H2,1-4H3/t13-/m1/s1. The summed E-state index contributed by atoms with van der Waals surface area (Å²) < 4.78 is 5.00. The summed E-state index contributed by atoms with van der Waals surface area (Å²) in [6.45, 7) is 5.19. The van der Waals surface area contributed by atoms with E-state index >= 15 is 0 Å². The average Bonchev–Trinajstić information content (AvgIpc) is 3.15. The fourth-order valence-corrected chi connectivity index (χ4v) is 2.96. The Kier molecular flexibility index (Phi) is 4.07. The first-order chi connectivity index (χ1) is 10.9. The summed E-state index contributed by atoms with van der Waals surface area (Å²) in [4.78, 5) is 21.0. The first kappa shape index (κ1) is 15.5. The van der Waals surface area contributed by atoms with Crippen molar-refractivity contribution < 1.29 is 9.32 Å². The van der Waals surface area contributed by atoms with Crippen LogP contribution in [0.25, 0.3) is 0 Å². The topological polar surface area (TPSA) is 62.5 Å². The lowest BCUT2D eigenvalue weighted by molar-refractivity contribution is 0.0780. The van der Waals surface area contributed by atoms with Gasteiger partial charge in [-0.15, -0.1) is 0 Å². The average molecular weight is 314 g/mol. The molecule has 0 unspecified atom stereocenters. The molecular weight excluding hydrogens is 292 g/mol. The van der Waals surface area contributed by atoms with Gasteiger partial charge in [0, 0.05) is 56.2 Å². The highest BCUT2D eigenvalue weighted by Gasteiger charge is 2.30. The third kappa shape index (κ3) is 3.21. The number of nitrogens with zero attached hydrogens (tertiary/aromatic N) is 4. The quantitative estimate of drug-likeness (QED) is 0.870. The van der Waals surface area contributed by atoms with Crippen molar-refractivity contribution in [3.05, 3.63) is 41.0 Å². The van der Waals surface area contributed by atoms with E-state index in [1.165, 1.54) is 0 Å². The molecular formula is C17H22N4O2. The molecule has 23 heavy (non-hydrogen) atoms. The third-order valence-corrected chi connectivity index (χ3v) is 4.22. The van der Waals surface area contributed by atoms with Crippen LogP contribution in [0.4, 0.5) is 5.69 Å².